The van der Waals surface area contributed by atoms with Crippen LogP contribution in [0.25, 0.3) is 11.0 Å². The Morgan fingerprint density at radius 1 is 1.19 bits per heavy atom. The Morgan fingerprint density at radius 3 is 2.70 bits per heavy atom. The molecule has 0 unspecified atom stereocenters. The van der Waals surface area contributed by atoms with Gasteiger partial charge in [0.25, 0.3) is 5.56 Å². The van der Waals surface area contributed by atoms with E-state index < -0.39 is 0 Å². The average molecular weight is 362 g/mol. The second-order valence-electron chi connectivity index (χ2n) is 6.49. The van der Waals surface area contributed by atoms with Gasteiger partial charge in [0.1, 0.15) is 11.0 Å². The van der Waals surface area contributed by atoms with Gasteiger partial charge in [-0.05, 0) is 12.5 Å². The summed E-state index contributed by atoms with van der Waals surface area (Å²) in [6, 6.07) is 9.86. The summed E-state index contributed by atoms with van der Waals surface area (Å²) in [6.07, 6.45) is 1.68. The molecule has 1 aliphatic rings. The van der Waals surface area contributed by atoms with Gasteiger partial charge in [-0.25, -0.2) is 9.67 Å². The predicted molar refractivity (Wildman–Crippen MR) is 106 cm³/mol. The lowest BCUT2D eigenvalue weighted by molar-refractivity contribution is 0.572. The highest BCUT2D eigenvalue weighted by molar-refractivity contribution is 5.77. The van der Waals surface area contributed by atoms with E-state index in [9.17, 15) is 4.79 Å². The Bertz CT molecular complexity index is 1050. The number of benzene rings is 1. The third-order valence-corrected chi connectivity index (χ3v) is 4.72. The molecule has 0 spiro atoms. The summed E-state index contributed by atoms with van der Waals surface area (Å²) in [4.78, 5) is 20.1. The van der Waals surface area contributed by atoms with Gasteiger partial charge in [-0.2, -0.15) is 5.10 Å². The maximum atomic E-state index is 13.2. The van der Waals surface area contributed by atoms with Crippen molar-refractivity contribution in [2.75, 3.05) is 31.1 Å². The molecule has 27 heavy (non-hydrogen) atoms. The first-order chi connectivity index (χ1) is 13.3. The maximum absolute atomic E-state index is 13.2. The summed E-state index contributed by atoms with van der Waals surface area (Å²) < 4.78 is 3.43. The Morgan fingerprint density at radius 2 is 1.96 bits per heavy atom. The lowest BCUT2D eigenvalue weighted by Gasteiger charge is -2.28. The Balaban J connectivity index is 1.81. The van der Waals surface area contributed by atoms with Gasteiger partial charge in [-0.15, -0.1) is 5.92 Å². The lowest BCUT2D eigenvalue weighted by Crippen LogP contribution is -2.44. The quantitative estimate of drug-likeness (QED) is 0.704. The number of nitrogens with zero attached hydrogens (tertiary/aromatic N) is 5. The normalized spacial score (nSPS) is 14.2. The molecule has 0 bridgehead atoms. The summed E-state index contributed by atoms with van der Waals surface area (Å²) in [6.45, 7) is 6.19. The van der Waals surface area contributed by atoms with Crippen molar-refractivity contribution in [3.8, 4) is 11.8 Å². The van der Waals surface area contributed by atoms with E-state index in [1.54, 1.807) is 13.1 Å². The third kappa shape index (κ3) is 3.44. The Labute approximate surface area is 157 Å². The molecule has 138 valence electrons. The highest BCUT2D eigenvalue weighted by Crippen LogP contribution is 2.20. The van der Waals surface area contributed by atoms with Gasteiger partial charge in [0.05, 0.1) is 19.3 Å². The van der Waals surface area contributed by atoms with Crippen LogP contribution in [0.2, 0.25) is 0 Å². The minimum absolute atomic E-state index is 0.136. The molecular weight excluding hydrogens is 340 g/mol. The molecule has 2 aromatic heterocycles. The van der Waals surface area contributed by atoms with Gasteiger partial charge >= 0.3 is 0 Å². The fraction of sp³-hybridized carbons (Fsp3) is 0.350. The van der Waals surface area contributed by atoms with Crippen LogP contribution < -0.4 is 15.8 Å². The molecule has 1 fully saturated rings. The zero-order valence-corrected chi connectivity index (χ0v) is 15.4. The van der Waals surface area contributed by atoms with Crippen molar-refractivity contribution in [2.24, 2.45) is 0 Å². The van der Waals surface area contributed by atoms with E-state index in [0.29, 0.717) is 24.1 Å². The molecule has 0 radical (unpaired) electrons. The van der Waals surface area contributed by atoms with Crippen molar-refractivity contribution in [3.05, 3.63) is 52.4 Å². The molecule has 3 heterocycles. The highest BCUT2D eigenvalue weighted by Gasteiger charge is 2.21. The summed E-state index contributed by atoms with van der Waals surface area (Å²) in [5, 5.41) is 7.69. The first kappa shape index (κ1) is 17.3. The van der Waals surface area contributed by atoms with Crippen LogP contribution in [0.1, 0.15) is 12.5 Å². The molecule has 0 amide bonds. The van der Waals surface area contributed by atoms with Crippen molar-refractivity contribution in [2.45, 2.75) is 20.0 Å². The highest BCUT2D eigenvalue weighted by atomic mass is 16.1. The monoisotopic (exact) mass is 362 g/mol. The van der Waals surface area contributed by atoms with E-state index in [0.717, 1.165) is 37.7 Å². The van der Waals surface area contributed by atoms with E-state index in [2.05, 4.69) is 27.2 Å². The first-order valence-electron chi connectivity index (χ1n) is 9.13. The van der Waals surface area contributed by atoms with Crippen molar-refractivity contribution in [1.29, 1.82) is 0 Å². The average Bonchev–Trinajstić information content (AvgIpc) is 3.09. The van der Waals surface area contributed by atoms with Crippen LogP contribution in [0.5, 0.6) is 0 Å². The van der Waals surface area contributed by atoms with Crippen LogP contribution in [0.15, 0.2) is 41.3 Å². The minimum Gasteiger partial charge on any atom is -0.340 e. The molecular formula is C20H22N6O. The minimum atomic E-state index is -0.136. The number of hydrogen-bond donors (Lipinski definition) is 1. The van der Waals surface area contributed by atoms with Gasteiger partial charge in [-0.1, -0.05) is 36.3 Å². The Kier molecular flexibility index (Phi) is 4.90. The van der Waals surface area contributed by atoms with Crippen molar-refractivity contribution >= 4 is 17.0 Å². The number of hydrogen-bond acceptors (Lipinski definition) is 5. The molecule has 7 heteroatoms. The second-order valence-corrected chi connectivity index (χ2v) is 6.49. The number of aromatic nitrogens is 4. The number of piperazine rings is 1. The van der Waals surface area contributed by atoms with E-state index >= 15 is 0 Å². The summed E-state index contributed by atoms with van der Waals surface area (Å²) >= 11 is 0. The molecule has 7 nitrogen and oxygen atoms in total. The Hall–Kier alpha value is -3.11. The van der Waals surface area contributed by atoms with E-state index in [4.69, 9.17) is 4.98 Å². The zero-order chi connectivity index (χ0) is 18.6. The van der Waals surface area contributed by atoms with Crippen molar-refractivity contribution < 1.29 is 0 Å². The molecule has 4 rings (SSSR count). The number of fused-ring (bicyclic) bond motifs is 1. The van der Waals surface area contributed by atoms with Crippen LogP contribution in [-0.2, 0) is 13.1 Å². The fourth-order valence-electron chi connectivity index (χ4n) is 3.36. The number of imidazole rings is 1. The lowest BCUT2D eigenvalue weighted by atomic mass is 10.2. The predicted octanol–water partition coefficient (Wildman–Crippen LogP) is 1.07. The van der Waals surface area contributed by atoms with Crippen LogP contribution >= 0.6 is 0 Å². The van der Waals surface area contributed by atoms with E-state index in [1.165, 1.54) is 4.68 Å². The number of nitrogens with one attached hydrogen (secondary N) is 1. The number of rotatable bonds is 4. The molecule has 1 aromatic carbocycles. The SMILES string of the molecule is CC#CCn1c(N2CCNCC2)nc2cnn(Cc3ccccc3)c(=O)c21. The molecule has 0 aliphatic carbocycles. The fourth-order valence-corrected chi connectivity index (χ4v) is 3.36. The molecule has 1 N–H and O–H groups in total. The molecule has 1 saturated heterocycles. The topological polar surface area (TPSA) is 68.0 Å². The van der Waals surface area contributed by atoms with E-state index in [-0.39, 0.29) is 5.56 Å². The van der Waals surface area contributed by atoms with Crippen LogP contribution in [0, 0.1) is 11.8 Å². The molecule has 3 aromatic rings. The van der Waals surface area contributed by atoms with Crippen LogP contribution in [0.3, 0.4) is 0 Å². The summed E-state index contributed by atoms with van der Waals surface area (Å²) in [5.41, 5.74) is 2.09. The second kappa shape index (κ2) is 7.64. The standard InChI is InChI=1S/C20H22N6O/c1-2-3-11-25-18-17(23-20(25)24-12-9-21-10-13-24)14-22-26(19(18)27)15-16-7-5-4-6-8-16/h4-8,14,21H,9-13,15H2,1H3. The third-order valence-electron chi connectivity index (χ3n) is 4.72. The van der Waals surface area contributed by atoms with Gasteiger partial charge in [0, 0.05) is 26.2 Å². The van der Waals surface area contributed by atoms with Gasteiger partial charge in [0.15, 0.2) is 0 Å². The molecule has 0 saturated carbocycles. The molecule has 0 atom stereocenters. The van der Waals surface area contributed by atoms with Gasteiger partial charge < -0.3 is 10.2 Å². The van der Waals surface area contributed by atoms with E-state index in [1.807, 2.05) is 34.9 Å². The zero-order valence-electron chi connectivity index (χ0n) is 15.4. The first-order valence-corrected chi connectivity index (χ1v) is 9.13. The van der Waals surface area contributed by atoms with Gasteiger partial charge in [-0.3, -0.25) is 9.36 Å². The molecule has 1 aliphatic heterocycles. The van der Waals surface area contributed by atoms with Crippen LogP contribution in [0.4, 0.5) is 5.95 Å². The largest absolute Gasteiger partial charge is 0.340 e. The van der Waals surface area contributed by atoms with Crippen LogP contribution in [-0.4, -0.2) is 45.5 Å². The smallest absolute Gasteiger partial charge is 0.293 e. The summed E-state index contributed by atoms with van der Waals surface area (Å²) in [7, 11) is 0. The summed E-state index contributed by atoms with van der Waals surface area (Å²) in [5.74, 6) is 6.80. The van der Waals surface area contributed by atoms with Gasteiger partial charge in [0.2, 0.25) is 5.95 Å². The maximum Gasteiger partial charge on any atom is 0.293 e. The van der Waals surface area contributed by atoms with Crippen molar-refractivity contribution in [3.63, 3.8) is 0 Å². The number of anilines is 1. The van der Waals surface area contributed by atoms with Crippen molar-refractivity contribution in [1.82, 2.24) is 24.6 Å².